The summed E-state index contributed by atoms with van der Waals surface area (Å²) in [4.78, 5) is 13.9. The van der Waals surface area contributed by atoms with Gasteiger partial charge in [0, 0.05) is 17.8 Å². The van der Waals surface area contributed by atoms with Crippen molar-refractivity contribution in [1.29, 1.82) is 0 Å². The zero-order valence-electron chi connectivity index (χ0n) is 11.4. The summed E-state index contributed by atoms with van der Waals surface area (Å²) in [6, 6.07) is 2.83. The van der Waals surface area contributed by atoms with E-state index in [1.165, 1.54) is 12.1 Å². The van der Waals surface area contributed by atoms with Crippen LogP contribution in [0.4, 0.5) is 10.5 Å². The van der Waals surface area contributed by atoms with Crippen LogP contribution in [0, 0.1) is 0 Å². The second-order valence-electron chi connectivity index (χ2n) is 4.81. The summed E-state index contributed by atoms with van der Waals surface area (Å²) >= 11 is 11.6. The lowest BCUT2D eigenvalue weighted by Gasteiger charge is -2.30. The minimum atomic E-state index is -0.233. The molecule has 0 fully saturated rings. The molecule has 0 aliphatic rings. The molecule has 0 unspecified atom stereocenters. The molecule has 1 rings (SSSR count). The number of amides is 2. The molecular weight excluding hydrogens is 287 g/mol. The number of nitrogens with one attached hydrogen (secondary N) is 1. The first-order chi connectivity index (χ1) is 8.73. The highest BCUT2D eigenvalue weighted by Crippen LogP contribution is 2.34. The van der Waals surface area contributed by atoms with Crippen molar-refractivity contribution >= 4 is 34.9 Å². The number of nitrogens with zero attached hydrogens (tertiary/aromatic N) is 1. The molecule has 0 aliphatic carbocycles. The van der Waals surface area contributed by atoms with Gasteiger partial charge in [-0.15, -0.1) is 0 Å². The van der Waals surface area contributed by atoms with Crippen LogP contribution >= 0.6 is 23.2 Å². The smallest absolute Gasteiger partial charge is 0.322 e. The first kappa shape index (κ1) is 15.9. The number of hydrogen-bond acceptors (Lipinski definition) is 2. The summed E-state index contributed by atoms with van der Waals surface area (Å²) in [5.41, 5.74) is 0.448. The molecule has 1 aromatic rings. The Morgan fingerprint density at radius 3 is 1.95 bits per heavy atom. The largest absolute Gasteiger partial charge is 0.505 e. The maximum absolute atomic E-state index is 12.2. The van der Waals surface area contributed by atoms with E-state index in [-0.39, 0.29) is 33.9 Å². The monoisotopic (exact) mass is 304 g/mol. The third kappa shape index (κ3) is 3.91. The fourth-order valence-corrected chi connectivity index (χ4v) is 2.38. The van der Waals surface area contributed by atoms with Crippen LogP contribution in [0.25, 0.3) is 0 Å². The van der Waals surface area contributed by atoms with Gasteiger partial charge in [0.2, 0.25) is 0 Å². The number of benzene rings is 1. The van der Waals surface area contributed by atoms with Crippen LogP contribution in [0.1, 0.15) is 27.7 Å². The minimum absolute atomic E-state index is 0.0723. The number of phenols is 1. The highest BCUT2D eigenvalue weighted by molar-refractivity contribution is 6.37. The SMILES string of the molecule is CC(C)N(C(=O)Nc1cc(Cl)c(O)c(Cl)c1)C(C)C. The van der Waals surface area contributed by atoms with Gasteiger partial charge in [-0.2, -0.15) is 0 Å². The summed E-state index contributed by atoms with van der Waals surface area (Å²) in [6.07, 6.45) is 0. The predicted molar refractivity (Wildman–Crippen MR) is 79.3 cm³/mol. The van der Waals surface area contributed by atoms with Crippen LogP contribution < -0.4 is 5.32 Å². The van der Waals surface area contributed by atoms with Gasteiger partial charge in [0.05, 0.1) is 10.0 Å². The fourth-order valence-electron chi connectivity index (χ4n) is 1.89. The number of carbonyl (C=O) groups excluding carboxylic acids is 1. The molecule has 0 bridgehead atoms. The van der Waals surface area contributed by atoms with E-state index in [4.69, 9.17) is 23.2 Å². The number of urea groups is 1. The van der Waals surface area contributed by atoms with Crippen LogP contribution in [0.2, 0.25) is 10.0 Å². The van der Waals surface area contributed by atoms with Crippen LogP contribution in [0.15, 0.2) is 12.1 Å². The molecule has 0 spiro atoms. The number of phenolic OH excluding ortho intramolecular Hbond substituents is 1. The maximum atomic E-state index is 12.2. The van der Waals surface area contributed by atoms with Crippen LogP contribution in [-0.2, 0) is 0 Å². The van der Waals surface area contributed by atoms with Gasteiger partial charge < -0.3 is 15.3 Å². The molecule has 0 heterocycles. The normalized spacial score (nSPS) is 10.9. The van der Waals surface area contributed by atoms with Crippen LogP contribution in [-0.4, -0.2) is 28.1 Å². The first-order valence-corrected chi connectivity index (χ1v) is 6.77. The second-order valence-corrected chi connectivity index (χ2v) is 5.63. The fraction of sp³-hybridized carbons (Fsp3) is 0.462. The molecule has 106 valence electrons. The molecule has 1 aromatic carbocycles. The molecule has 4 nitrogen and oxygen atoms in total. The zero-order valence-corrected chi connectivity index (χ0v) is 12.9. The van der Waals surface area contributed by atoms with E-state index < -0.39 is 0 Å². The zero-order chi connectivity index (χ0) is 14.7. The lowest BCUT2D eigenvalue weighted by Crippen LogP contribution is -2.44. The standard InChI is InChI=1S/C13H18Cl2N2O2/c1-7(2)17(8(3)4)13(19)16-9-5-10(14)12(18)11(15)6-9/h5-8,18H,1-4H3,(H,16,19). The summed E-state index contributed by atoms with van der Waals surface area (Å²) in [7, 11) is 0. The van der Waals surface area contributed by atoms with Crippen molar-refractivity contribution in [3.8, 4) is 5.75 Å². The number of rotatable bonds is 3. The highest BCUT2D eigenvalue weighted by Gasteiger charge is 2.20. The van der Waals surface area contributed by atoms with Gasteiger partial charge in [-0.25, -0.2) is 4.79 Å². The number of halogens is 2. The van der Waals surface area contributed by atoms with E-state index in [2.05, 4.69) is 5.32 Å². The summed E-state index contributed by atoms with van der Waals surface area (Å²) in [5.74, 6) is -0.189. The summed E-state index contributed by atoms with van der Waals surface area (Å²) < 4.78 is 0. The van der Waals surface area contributed by atoms with Crippen molar-refractivity contribution in [2.45, 2.75) is 39.8 Å². The number of carbonyl (C=O) groups is 1. The van der Waals surface area contributed by atoms with Crippen LogP contribution in [0.3, 0.4) is 0 Å². The third-order valence-corrected chi connectivity index (χ3v) is 3.19. The van der Waals surface area contributed by atoms with E-state index >= 15 is 0 Å². The van der Waals surface area contributed by atoms with Gasteiger partial charge >= 0.3 is 6.03 Å². The van der Waals surface area contributed by atoms with Crippen molar-refractivity contribution < 1.29 is 9.90 Å². The summed E-state index contributed by atoms with van der Waals surface area (Å²) in [6.45, 7) is 7.76. The first-order valence-electron chi connectivity index (χ1n) is 6.01. The Hall–Kier alpha value is -1.13. The van der Waals surface area contributed by atoms with Gasteiger partial charge in [0.25, 0.3) is 0 Å². The van der Waals surface area contributed by atoms with Gasteiger partial charge in [-0.1, -0.05) is 23.2 Å². The van der Waals surface area contributed by atoms with Crippen molar-refractivity contribution in [3.05, 3.63) is 22.2 Å². The average molecular weight is 305 g/mol. The van der Waals surface area contributed by atoms with Gasteiger partial charge in [-0.05, 0) is 39.8 Å². The van der Waals surface area contributed by atoms with Gasteiger partial charge in [-0.3, -0.25) is 0 Å². The Bertz CT molecular complexity index is 445. The Morgan fingerprint density at radius 2 is 1.58 bits per heavy atom. The van der Waals surface area contributed by atoms with Gasteiger partial charge in [0.15, 0.2) is 5.75 Å². The molecule has 2 amide bonds. The number of hydrogen-bond donors (Lipinski definition) is 2. The lowest BCUT2D eigenvalue weighted by molar-refractivity contribution is 0.178. The van der Waals surface area contributed by atoms with Crippen molar-refractivity contribution in [2.75, 3.05) is 5.32 Å². The molecule has 0 atom stereocenters. The number of anilines is 1. The quantitative estimate of drug-likeness (QED) is 0.816. The van der Waals surface area contributed by atoms with Crippen molar-refractivity contribution in [1.82, 2.24) is 4.90 Å². The summed E-state index contributed by atoms with van der Waals surface area (Å²) in [5, 5.41) is 12.4. The predicted octanol–water partition coefficient (Wildman–Crippen LogP) is 4.35. The molecule has 6 heteroatoms. The Labute approximate surface area is 123 Å². The highest BCUT2D eigenvalue weighted by atomic mass is 35.5. The lowest BCUT2D eigenvalue weighted by atomic mass is 10.2. The molecule has 19 heavy (non-hydrogen) atoms. The second kappa shape index (κ2) is 6.35. The van der Waals surface area contributed by atoms with Gasteiger partial charge in [0.1, 0.15) is 0 Å². The van der Waals surface area contributed by atoms with E-state index in [0.717, 1.165) is 0 Å². The van der Waals surface area contributed by atoms with E-state index in [9.17, 15) is 9.90 Å². The Balaban J connectivity index is 2.93. The Morgan fingerprint density at radius 1 is 1.16 bits per heavy atom. The molecule has 2 N–H and O–H groups in total. The van der Waals surface area contributed by atoms with E-state index in [1.807, 2.05) is 27.7 Å². The molecular formula is C13H18Cl2N2O2. The third-order valence-electron chi connectivity index (χ3n) is 2.62. The van der Waals surface area contributed by atoms with Crippen molar-refractivity contribution in [2.24, 2.45) is 0 Å². The van der Waals surface area contributed by atoms with E-state index in [1.54, 1.807) is 4.90 Å². The van der Waals surface area contributed by atoms with Crippen molar-refractivity contribution in [3.63, 3.8) is 0 Å². The average Bonchev–Trinajstić information content (AvgIpc) is 2.24. The number of aromatic hydroxyl groups is 1. The molecule has 0 radical (unpaired) electrons. The molecule has 0 saturated heterocycles. The van der Waals surface area contributed by atoms with E-state index in [0.29, 0.717) is 5.69 Å². The maximum Gasteiger partial charge on any atom is 0.322 e. The molecule has 0 aromatic heterocycles. The van der Waals surface area contributed by atoms with Crippen LogP contribution in [0.5, 0.6) is 5.75 Å². The topological polar surface area (TPSA) is 52.6 Å². The minimum Gasteiger partial charge on any atom is -0.505 e. The Kier molecular flexibility index (Phi) is 5.32. The molecule has 0 aliphatic heterocycles. The molecule has 0 saturated carbocycles.